The fraction of sp³-hybridized carbons (Fsp3) is 0.842. The molecule has 3 aliphatic rings. The Kier molecular flexibility index (Phi) is 4.59. The van der Waals surface area contributed by atoms with Crippen molar-refractivity contribution in [3.63, 3.8) is 0 Å². The summed E-state index contributed by atoms with van der Waals surface area (Å²) < 4.78 is 6.38. The minimum absolute atomic E-state index is 0.245. The van der Waals surface area contributed by atoms with Crippen LogP contribution in [0.15, 0.2) is 0 Å². The Morgan fingerprint density at radius 2 is 1.96 bits per heavy atom. The van der Waals surface area contributed by atoms with Gasteiger partial charge in [-0.25, -0.2) is 0 Å². The molecule has 2 bridgehead atoms. The van der Waals surface area contributed by atoms with Gasteiger partial charge in [0.1, 0.15) is 11.6 Å². The lowest BCUT2D eigenvalue weighted by atomic mass is 9.66. The Balaban J connectivity index is 2.10. The third-order valence-electron chi connectivity index (χ3n) is 6.23. The number of likely N-dealkylation sites (tertiary alicyclic amines) is 1. The Hall–Kier alpha value is -1.67. The van der Waals surface area contributed by atoms with Gasteiger partial charge < -0.3 is 25.4 Å². The fourth-order valence-electron chi connectivity index (χ4n) is 5.22. The van der Waals surface area contributed by atoms with E-state index in [1.54, 1.807) is 14.0 Å². The SMILES string of the molecule is CNC(=O)[C@H]1[C@H]2C(=O)N([C@H](C)CO)C(C(=O)NC(C)(C)C)C23CC[C@]1(C)O3. The number of aliphatic hydroxyl groups is 1. The van der Waals surface area contributed by atoms with Crippen molar-refractivity contribution in [2.45, 2.75) is 76.3 Å². The predicted octanol–water partition coefficient (Wildman–Crippen LogP) is -0.207. The molecule has 3 heterocycles. The van der Waals surface area contributed by atoms with Gasteiger partial charge in [0.2, 0.25) is 17.7 Å². The third kappa shape index (κ3) is 2.76. The molecular formula is C19H31N3O5. The van der Waals surface area contributed by atoms with Crippen LogP contribution >= 0.6 is 0 Å². The molecule has 3 amide bonds. The van der Waals surface area contributed by atoms with Crippen molar-refractivity contribution in [1.29, 1.82) is 0 Å². The molecule has 1 spiro atoms. The predicted molar refractivity (Wildman–Crippen MR) is 97.6 cm³/mol. The number of hydrogen-bond donors (Lipinski definition) is 3. The quantitative estimate of drug-likeness (QED) is 0.625. The van der Waals surface area contributed by atoms with Gasteiger partial charge in [0.05, 0.1) is 30.1 Å². The Bertz CT molecular complexity index is 675. The molecule has 0 aromatic heterocycles. The van der Waals surface area contributed by atoms with Crippen LogP contribution in [0.5, 0.6) is 0 Å². The van der Waals surface area contributed by atoms with E-state index in [0.717, 1.165) is 0 Å². The number of rotatable bonds is 4. The third-order valence-corrected chi connectivity index (χ3v) is 6.23. The van der Waals surface area contributed by atoms with Gasteiger partial charge in [0, 0.05) is 12.6 Å². The number of carbonyl (C=O) groups excluding carboxylic acids is 3. The van der Waals surface area contributed by atoms with Gasteiger partial charge in [0.15, 0.2) is 0 Å². The molecular weight excluding hydrogens is 350 g/mol. The standard InChI is InChI=1S/C19H31N3O5/c1-10(9-23)22-13(15(25)21-17(2,3)4)19-8-7-18(5,27-19)11(14(24)20-6)12(19)16(22)26/h10-13,23H,7-9H2,1-6H3,(H,20,24)(H,21,25)/t10-,11-,12+,13?,18+,19?/m1/s1. The smallest absolute Gasteiger partial charge is 0.246 e. The molecule has 3 N–H and O–H groups in total. The first-order chi connectivity index (χ1) is 12.4. The number of amides is 3. The van der Waals surface area contributed by atoms with E-state index >= 15 is 0 Å². The Morgan fingerprint density at radius 3 is 2.48 bits per heavy atom. The van der Waals surface area contributed by atoms with Crippen LogP contribution in [0.2, 0.25) is 0 Å². The topological polar surface area (TPSA) is 108 Å². The molecule has 152 valence electrons. The van der Waals surface area contributed by atoms with Crippen molar-refractivity contribution < 1.29 is 24.2 Å². The lowest BCUT2D eigenvalue weighted by Crippen LogP contribution is -2.60. The minimum atomic E-state index is -1.04. The van der Waals surface area contributed by atoms with Crippen molar-refractivity contribution in [2.24, 2.45) is 11.8 Å². The summed E-state index contributed by atoms with van der Waals surface area (Å²) in [6, 6.07) is -1.41. The molecule has 27 heavy (non-hydrogen) atoms. The maximum atomic E-state index is 13.4. The molecule has 3 fully saturated rings. The summed E-state index contributed by atoms with van der Waals surface area (Å²) in [5, 5.41) is 15.3. The highest BCUT2D eigenvalue weighted by molar-refractivity contribution is 5.99. The molecule has 8 heteroatoms. The normalized spacial score (nSPS) is 38.7. The van der Waals surface area contributed by atoms with E-state index in [4.69, 9.17) is 4.74 Å². The molecule has 8 nitrogen and oxygen atoms in total. The van der Waals surface area contributed by atoms with Gasteiger partial charge in [-0.2, -0.15) is 0 Å². The molecule has 3 rings (SSSR count). The number of nitrogens with one attached hydrogen (secondary N) is 2. The largest absolute Gasteiger partial charge is 0.394 e. The first-order valence-electron chi connectivity index (χ1n) is 9.58. The maximum Gasteiger partial charge on any atom is 0.246 e. The lowest BCUT2D eigenvalue weighted by molar-refractivity contribution is -0.149. The number of ether oxygens (including phenoxy) is 1. The number of fused-ring (bicyclic) bond motifs is 1. The van der Waals surface area contributed by atoms with Crippen LogP contribution < -0.4 is 10.6 Å². The van der Waals surface area contributed by atoms with E-state index in [0.29, 0.717) is 12.8 Å². The number of nitrogens with zero attached hydrogens (tertiary/aromatic N) is 1. The van der Waals surface area contributed by atoms with E-state index in [1.165, 1.54) is 4.90 Å². The summed E-state index contributed by atoms with van der Waals surface area (Å²) in [7, 11) is 1.54. The molecule has 0 aromatic rings. The second kappa shape index (κ2) is 6.17. The second-order valence-corrected chi connectivity index (χ2v) is 9.36. The van der Waals surface area contributed by atoms with Crippen molar-refractivity contribution in [2.75, 3.05) is 13.7 Å². The molecule has 0 aliphatic carbocycles. The van der Waals surface area contributed by atoms with E-state index in [1.807, 2.05) is 27.7 Å². The molecule has 0 radical (unpaired) electrons. The molecule has 6 atom stereocenters. The first kappa shape index (κ1) is 20.1. The zero-order chi connectivity index (χ0) is 20.4. The van der Waals surface area contributed by atoms with Crippen LogP contribution in [0, 0.1) is 11.8 Å². The number of carbonyl (C=O) groups is 3. The fourth-order valence-corrected chi connectivity index (χ4v) is 5.22. The van der Waals surface area contributed by atoms with Gasteiger partial charge in [-0.3, -0.25) is 14.4 Å². The van der Waals surface area contributed by atoms with Gasteiger partial charge in [-0.15, -0.1) is 0 Å². The van der Waals surface area contributed by atoms with Crippen molar-refractivity contribution in [3.05, 3.63) is 0 Å². The van der Waals surface area contributed by atoms with Gasteiger partial charge in [-0.05, 0) is 47.5 Å². The zero-order valence-electron chi connectivity index (χ0n) is 17.0. The van der Waals surface area contributed by atoms with Crippen LogP contribution in [0.3, 0.4) is 0 Å². The maximum absolute atomic E-state index is 13.4. The summed E-state index contributed by atoms with van der Waals surface area (Å²) in [6.07, 6.45) is 1.14. The number of hydrogen-bond acceptors (Lipinski definition) is 5. The highest BCUT2D eigenvalue weighted by Gasteiger charge is 2.78. The molecule has 0 aromatic carbocycles. The van der Waals surface area contributed by atoms with Crippen molar-refractivity contribution in [3.8, 4) is 0 Å². The highest BCUT2D eigenvalue weighted by Crippen LogP contribution is 2.63. The van der Waals surface area contributed by atoms with Crippen LogP contribution in [0.1, 0.15) is 47.5 Å². The summed E-state index contributed by atoms with van der Waals surface area (Å²) in [5.74, 6) is -2.21. The van der Waals surface area contributed by atoms with Gasteiger partial charge in [0.25, 0.3) is 0 Å². The molecule has 0 saturated carbocycles. The van der Waals surface area contributed by atoms with Crippen molar-refractivity contribution in [1.82, 2.24) is 15.5 Å². The number of aliphatic hydroxyl groups excluding tert-OH is 1. The molecule has 3 aliphatic heterocycles. The van der Waals surface area contributed by atoms with E-state index < -0.39 is 40.7 Å². The summed E-state index contributed by atoms with van der Waals surface area (Å²) in [6.45, 7) is 8.91. The minimum Gasteiger partial charge on any atom is -0.394 e. The Morgan fingerprint density at radius 1 is 1.33 bits per heavy atom. The van der Waals surface area contributed by atoms with Crippen molar-refractivity contribution >= 4 is 17.7 Å². The van der Waals surface area contributed by atoms with Gasteiger partial charge in [-0.1, -0.05) is 0 Å². The average Bonchev–Trinajstić information content (AvgIpc) is 3.13. The zero-order valence-corrected chi connectivity index (χ0v) is 17.0. The van der Waals surface area contributed by atoms with Crippen LogP contribution in [-0.2, 0) is 19.1 Å². The first-order valence-corrected chi connectivity index (χ1v) is 9.58. The van der Waals surface area contributed by atoms with Crippen LogP contribution in [0.25, 0.3) is 0 Å². The summed E-state index contributed by atoms with van der Waals surface area (Å²) >= 11 is 0. The monoisotopic (exact) mass is 381 g/mol. The average molecular weight is 381 g/mol. The van der Waals surface area contributed by atoms with E-state index in [2.05, 4.69) is 10.6 Å². The Labute approximate surface area is 160 Å². The van der Waals surface area contributed by atoms with Crippen LogP contribution in [0.4, 0.5) is 0 Å². The van der Waals surface area contributed by atoms with Gasteiger partial charge >= 0.3 is 0 Å². The van der Waals surface area contributed by atoms with Crippen LogP contribution in [-0.4, -0.2) is 70.2 Å². The molecule has 3 saturated heterocycles. The van der Waals surface area contributed by atoms with E-state index in [-0.39, 0.29) is 24.3 Å². The highest BCUT2D eigenvalue weighted by atomic mass is 16.5. The lowest BCUT2D eigenvalue weighted by Gasteiger charge is -2.37. The summed E-state index contributed by atoms with van der Waals surface area (Å²) in [5.41, 5.74) is -2.29. The molecule has 2 unspecified atom stereocenters. The van der Waals surface area contributed by atoms with E-state index in [9.17, 15) is 19.5 Å². The second-order valence-electron chi connectivity index (χ2n) is 9.36. The summed E-state index contributed by atoms with van der Waals surface area (Å²) in [4.78, 5) is 40.7.